The summed E-state index contributed by atoms with van der Waals surface area (Å²) < 4.78 is 5.40. The molecule has 4 rings (SSSR count). The molecule has 0 bridgehead atoms. The Hall–Kier alpha value is -1.51. The first-order chi connectivity index (χ1) is 13.8. The number of hydrogen-bond donors (Lipinski definition) is 5. The Labute approximate surface area is 174 Å². The monoisotopic (exact) mass is 420 g/mol. The van der Waals surface area contributed by atoms with Crippen LogP contribution in [0.15, 0.2) is 42.5 Å². The predicted molar refractivity (Wildman–Crippen MR) is 107 cm³/mol. The lowest BCUT2D eigenvalue weighted by Gasteiger charge is -2.45. The van der Waals surface area contributed by atoms with Gasteiger partial charge in [-0.25, -0.2) is 0 Å². The average Bonchev–Trinajstić information content (AvgIpc) is 3.57. The number of aliphatic hydroxyl groups is 5. The number of benzene rings is 2. The summed E-state index contributed by atoms with van der Waals surface area (Å²) >= 11 is 6.35. The lowest BCUT2D eigenvalue weighted by molar-refractivity contribution is -0.357. The van der Waals surface area contributed by atoms with Crippen LogP contribution < -0.4 is 0 Å². The minimum absolute atomic E-state index is 0.184. The predicted octanol–water partition coefficient (Wildman–Crippen LogP) is 1.43. The molecule has 0 aromatic heterocycles. The summed E-state index contributed by atoms with van der Waals surface area (Å²) in [6.07, 6.45) is -3.25. The van der Waals surface area contributed by atoms with Gasteiger partial charge in [0.05, 0.1) is 6.61 Å². The summed E-state index contributed by atoms with van der Waals surface area (Å²) in [5.74, 6) is -1.61. The van der Waals surface area contributed by atoms with E-state index in [0.717, 1.165) is 5.56 Å². The van der Waals surface area contributed by atoms with Crippen molar-refractivity contribution in [2.75, 3.05) is 6.61 Å². The van der Waals surface area contributed by atoms with Gasteiger partial charge in [-0.2, -0.15) is 0 Å². The zero-order valence-corrected chi connectivity index (χ0v) is 16.5. The van der Waals surface area contributed by atoms with Gasteiger partial charge in [-0.1, -0.05) is 41.9 Å². The Balaban J connectivity index is 1.61. The van der Waals surface area contributed by atoms with Gasteiger partial charge in [0.2, 0.25) is 5.79 Å². The highest BCUT2D eigenvalue weighted by Gasteiger charge is 2.53. The molecule has 29 heavy (non-hydrogen) atoms. The highest BCUT2D eigenvalue weighted by Crippen LogP contribution is 2.40. The quantitative estimate of drug-likeness (QED) is 0.500. The second-order valence-electron chi connectivity index (χ2n) is 7.96. The molecule has 0 spiro atoms. The molecule has 0 amide bonds. The first kappa shape index (κ1) is 20.8. The molecule has 1 aliphatic carbocycles. The molecule has 2 aromatic carbocycles. The van der Waals surface area contributed by atoms with Gasteiger partial charge in [0, 0.05) is 10.6 Å². The van der Waals surface area contributed by atoms with Crippen molar-refractivity contribution in [1.82, 2.24) is 0 Å². The molecule has 2 aliphatic rings. The first-order valence-electron chi connectivity index (χ1n) is 9.76. The highest BCUT2D eigenvalue weighted by molar-refractivity contribution is 6.31. The maximum Gasteiger partial charge on any atom is 0.222 e. The van der Waals surface area contributed by atoms with Crippen LogP contribution in [0.5, 0.6) is 0 Å². The Morgan fingerprint density at radius 3 is 2.31 bits per heavy atom. The molecule has 1 aliphatic heterocycles. The molecular weight excluding hydrogens is 396 g/mol. The van der Waals surface area contributed by atoms with Gasteiger partial charge in [0.1, 0.15) is 24.4 Å². The fraction of sp³-hybridized carbons (Fsp3) is 0.455. The lowest BCUT2D eigenvalue weighted by atomic mass is 9.87. The van der Waals surface area contributed by atoms with Crippen LogP contribution in [0.2, 0.25) is 5.02 Å². The number of hydrogen-bond acceptors (Lipinski definition) is 6. The van der Waals surface area contributed by atoms with Crippen molar-refractivity contribution in [3.63, 3.8) is 0 Å². The summed E-state index contributed by atoms with van der Waals surface area (Å²) in [5, 5.41) is 51.3. The van der Waals surface area contributed by atoms with Crippen molar-refractivity contribution in [3.8, 4) is 0 Å². The van der Waals surface area contributed by atoms with Gasteiger partial charge in [0.25, 0.3) is 0 Å². The number of ether oxygens (including phenoxy) is 1. The third-order valence-corrected chi connectivity index (χ3v) is 6.22. The first-order valence-corrected chi connectivity index (χ1v) is 10.1. The van der Waals surface area contributed by atoms with Crippen molar-refractivity contribution >= 4 is 11.6 Å². The zero-order valence-electron chi connectivity index (χ0n) is 15.8. The SMILES string of the molecule is OC[C@H]1O[C@](O)(c2ccc(Cl)c(Cc3ccc(C4CC4)cc3)c2)[C@H](O)[C@@H](O)[C@@H]1O. The van der Waals surface area contributed by atoms with E-state index in [4.69, 9.17) is 16.3 Å². The third-order valence-electron chi connectivity index (χ3n) is 5.85. The van der Waals surface area contributed by atoms with E-state index in [9.17, 15) is 25.5 Å². The largest absolute Gasteiger partial charge is 0.394 e. The highest BCUT2D eigenvalue weighted by atomic mass is 35.5. The van der Waals surface area contributed by atoms with Gasteiger partial charge in [0.15, 0.2) is 0 Å². The van der Waals surface area contributed by atoms with Crippen molar-refractivity contribution in [3.05, 3.63) is 69.7 Å². The molecule has 2 aromatic rings. The van der Waals surface area contributed by atoms with Gasteiger partial charge < -0.3 is 30.3 Å². The molecular formula is C22H25ClO6. The molecule has 0 radical (unpaired) electrons. The summed E-state index contributed by atoms with van der Waals surface area (Å²) in [4.78, 5) is 0. The maximum atomic E-state index is 11.0. The van der Waals surface area contributed by atoms with Crippen molar-refractivity contribution < 1.29 is 30.3 Å². The van der Waals surface area contributed by atoms with Gasteiger partial charge in [-0.15, -0.1) is 0 Å². The van der Waals surface area contributed by atoms with Crippen molar-refractivity contribution in [2.24, 2.45) is 0 Å². The van der Waals surface area contributed by atoms with Crippen LogP contribution in [-0.2, 0) is 16.9 Å². The molecule has 1 saturated heterocycles. The van der Waals surface area contributed by atoms with E-state index in [1.807, 2.05) is 0 Å². The van der Waals surface area contributed by atoms with E-state index in [0.29, 0.717) is 22.9 Å². The normalized spacial score (nSPS) is 32.3. The van der Waals surface area contributed by atoms with Crippen molar-refractivity contribution in [2.45, 2.75) is 55.4 Å². The Bertz CT molecular complexity index is 866. The van der Waals surface area contributed by atoms with Crippen LogP contribution in [0.1, 0.15) is 41.0 Å². The minimum atomic E-state index is -2.29. The molecule has 5 N–H and O–H groups in total. The van der Waals surface area contributed by atoms with Crippen LogP contribution in [0, 0.1) is 0 Å². The van der Waals surface area contributed by atoms with Gasteiger partial charge >= 0.3 is 0 Å². The second-order valence-corrected chi connectivity index (χ2v) is 8.37. The van der Waals surface area contributed by atoms with Crippen LogP contribution in [0.3, 0.4) is 0 Å². The Morgan fingerprint density at radius 1 is 1.00 bits per heavy atom. The Kier molecular flexibility index (Phi) is 5.70. The van der Waals surface area contributed by atoms with Gasteiger partial charge in [-0.05, 0) is 54.0 Å². The molecule has 1 saturated carbocycles. The summed E-state index contributed by atoms with van der Waals surface area (Å²) in [7, 11) is 0. The standard InChI is InChI=1S/C22H25ClO6/c23-17-8-7-16(22(28)21(27)20(26)19(25)18(11-24)29-22)10-15(17)9-12-1-3-13(4-2-12)14-5-6-14/h1-4,7-8,10,14,18-21,24-28H,5-6,9,11H2/t18-,19-,20+,21-,22-/m1/s1. The number of aliphatic hydroxyl groups excluding tert-OH is 4. The molecule has 5 atom stereocenters. The topological polar surface area (TPSA) is 110 Å². The van der Waals surface area contributed by atoms with E-state index < -0.39 is 36.8 Å². The molecule has 2 fully saturated rings. The lowest BCUT2D eigenvalue weighted by Crippen LogP contribution is -2.63. The fourth-order valence-corrected chi connectivity index (χ4v) is 4.05. The summed E-state index contributed by atoms with van der Waals surface area (Å²) in [6.45, 7) is -0.624. The van der Waals surface area contributed by atoms with Crippen LogP contribution in [-0.4, -0.2) is 56.6 Å². The zero-order chi connectivity index (χ0) is 20.8. The third kappa shape index (κ3) is 3.94. The smallest absolute Gasteiger partial charge is 0.222 e. The van der Waals surface area contributed by atoms with Crippen molar-refractivity contribution in [1.29, 1.82) is 0 Å². The molecule has 0 unspecified atom stereocenters. The maximum absolute atomic E-state index is 11.0. The van der Waals surface area contributed by atoms with Crippen LogP contribution >= 0.6 is 11.6 Å². The molecule has 6 nitrogen and oxygen atoms in total. The molecule has 156 valence electrons. The van der Waals surface area contributed by atoms with E-state index >= 15 is 0 Å². The van der Waals surface area contributed by atoms with Crippen LogP contribution in [0.25, 0.3) is 0 Å². The van der Waals surface area contributed by atoms with E-state index in [1.165, 1.54) is 24.5 Å². The number of rotatable bonds is 5. The second kappa shape index (κ2) is 7.96. The fourth-order valence-electron chi connectivity index (χ4n) is 3.87. The molecule has 7 heteroatoms. The van der Waals surface area contributed by atoms with E-state index in [-0.39, 0.29) is 5.56 Å². The number of halogens is 1. The minimum Gasteiger partial charge on any atom is -0.394 e. The molecule has 1 heterocycles. The van der Waals surface area contributed by atoms with E-state index in [1.54, 1.807) is 12.1 Å². The van der Waals surface area contributed by atoms with E-state index in [2.05, 4.69) is 24.3 Å². The summed E-state index contributed by atoms with van der Waals surface area (Å²) in [5.41, 5.74) is 3.29. The van der Waals surface area contributed by atoms with Gasteiger partial charge in [-0.3, -0.25) is 0 Å². The average molecular weight is 421 g/mol. The Morgan fingerprint density at radius 2 is 1.69 bits per heavy atom. The summed E-state index contributed by atoms with van der Waals surface area (Å²) in [6, 6.07) is 13.0. The van der Waals surface area contributed by atoms with Crippen LogP contribution in [0.4, 0.5) is 0 Å².